The maximum atomic E-state index is 11.5. The molecule has 0 aliphatic carbocycles. The number of hydrogen-bond acceptors (Lipinski definition) is 4. The number of ether oxygens (including phenoxy) is 1. The molecule has 0 aromatic carbocycles. The van der Waals surface area contributed by atoms with E-state index in [2.05, 4.69) is 10.6 Å². The van der Waals surface area contributed by atoms with E-state index in [0.29, 0.717) is 24.2 Å². The lowest BCUT2D eigenvalue weighted by molar-refractivity contribution is -0.118. The van der Waals surface area contributed by atoms with Gasteiger partial charge in [-0.3, -0.25) is 4.79 Å². The van der Waals surface area contributed by atoms with E-state index in [1.165, 1.54) is 12.8 Å². The minimum absolute atomic E-state index is 0.126. The number of hydrogen-bond donors (Lipinski definition) is 2. The Bertz CT molecular complexity index is 219. The Morgan fingerprint density at radius 3 is 2.82 bits per heavy atom. The molecule has 0 atom stereocenters. The van der Waals surface area contributed by atoms with E-state index < -0.39 is 0 Å². The summed E-state index contributed by atoms with van der Waals surface area (Å²) in [5.41, 5.74) is 0. The van der Waals surface area contributed by atoms with Crippen molar-refractivity contribution in [3.05, 3.63) is 0 Å². The van der Waals surface area contributed by atoms with Crippen molar-refractivity contribution in [3.63, 3.8) is 0 Å². The zero-order chi connectivity index (χ0) is 12.5. The van der Waals surface area contributed by atoms with Crippen molar-refractivity contribution < 1.29 is 9.53 Å². The van der Waals surface area contributed by atoms with Gasteiger partial charge < -0.3 is 15.4 Å². The number of carbonyl (C=O) groups is 1. The van der Waals surface area contributed by atoms with Gasteiger partial charge in [-0.2, -0.15) is 0 Å². The van der Waals surface area contributed by atoms with Crippen LogP contribution < -0.4 is 10.6 Å². The highest BCUT2D eigenvalue weighted by molar-refractivity contribution is 8.00. The fourth-order valence-electron chi connectivity index (χ4n) is 1.69. The van der Waals surface area contributed by atoms with E-state index >= 15 is 0 Å². The third-order valence-corrected chi connectivity index (χ3v) is 3.98. The molecule has 1 amide bonds. The van der Waals surface area contributed by atoms with Gasteiger partial charge in [0.2, 0.25) is 5.91 Å². The van der Waals surface area contributed by atoms with Gasteiger partial charge >= 0.3 is 0 Å². The van der Waals surface area contributed by atoms with Crippen molar-refractivity contribution >= 4 is 17.7 Å². The van der Waals surface area contributed by atoms with Gasteiger partial charge in [0.15, 0.2) is 0 Å². The Labute approximate surface area is 108 Å². The molecular weight excluding hydrogens is 236 g/mol. The lowest BCUT2D eigenvalue weighted by atomic mass is 10.2. The molecule has 0 aromatic heterocycles. The highest BCUT2D eigenvalue weighted by Gasteiger charge is 2.14. The summed E-state index contributed by atoms with van der Waals surface area (Å²) in [7, 11) is 0. The SMILES string of the molecule is CC(C)OCCNC(=O)CSC1CCNCC1. The number of rotatable bonds is 7. The molecule has 4 nitrogen and oxygen atoms in total. The lowest BCUT2D eigenvalue weighted by Crippen LogP contribution is -2.32. The highest BCUT2D eigenvalue weighted by atomic mass is 32.2. The summed E-state index contributed by atoms with van der Waals surface area (Å²) in [6.45, 7) is 7.37. The van der Waals surface area contributed by atoms with Gasteiger partial charge in [-0.25, -0.2) is 0 Å². The molecule has 5 heteroatoms. The second kappa shape index (κ2) is 8.78. The Hall–Kier alpha value is -0.260. The molecule has 0 unspecified atom stereocenters. The van der Waals surface area contributed by atoms with Crippen LogP contribution in [0.15, 0.2) is 0 Å². The summed E-state index contributed by atoms with van der Waals surface area (Å²) < 4.78 is 5.36. The molecule has 1 aliphatic rings. The molecule has 2 N–H and O–H groups in total. The minimum atomic E-state index is 0.126. The van der Waals surface area contributed by atoms with Crippen LogP contribution in [0.2, 0.25) is 0 Å². The number of nitrogens with one attached hydrogen (secondary N) is 2. The molecule has 0 spiro atoms. The monoisotopic (exact) mass is 260 g/mol. The highest BCUT2D eigenvalue weighted by Crippen LogP contribution is 2.19. The van der Waals surface area contributed by atoms with Crippen molar-refractivity contribution in [1.29, 1.82) is 0 Å². The van der Waals surface area contributed by atoms with Crippen LogP contribution in [-0.2, 0) is 9.53 Å². The van der Waals surface area contributed by atoms with Gasteiger partial charge in [0.25, 0.3) is 0 Å². The smallest absolute Gasteiger partial charge is 0.230 e. The molecule has 0 saturated carbocycles. The summed E-state index contributed by atoms with van der Waals surface area (Å²) in [5.74, 6) is 0.702. The molecule has 0 radical (unpaired) electrons. The molecular formula is C12H24N2O2S. The first-order valence-corrected chi connectivity index (χ1v) is 7.44. The fourth-order valence-corrected chi connectivity index (χ4v) is 2.75. The first kappa shape index (κ1) is 14.8. The number of thioether (sulfide) groups is 1. The molecule has 1 fully saturated rings. The Morgan fingerprint density at radius 1 is 1.47 bits per heavy atom. The Morgan fingerprint density at radius 2 is 2.18 bits per heavy atom. The van der Waals surface area contributed by atoms with Crippen LogP contribution in [0.5, 0.6) is 0 Å². The van der Waals surface area contributed by atoms with Gasteiger partial charge in [0.1, 0.15) is 0 Å². The van der Waals surface area contributed by atoms with Gasteiger partial charge in [-0.05, 0) is 39.8 Å². The first-order chi connectivity index (χ1) is 8.18. The third kappa shape index (κ3) is 7.63. The standard InChI is InChI=1S/C12H24N2O2S/c1-10(2)16-8-7-14-12(15)9-17-11-3-5-13-6-4-11/h10-11,13H,3-9H2,1-2H3,(H,14,15). The summed E-state index contributed by atoms with van der Waals surface area (Å²) in [6.07, 6.45) is 2.58. The molecule has 17 heavy (non-hydrogen) atoms. The first-order valence-electron chi connectivity index (χ1n) is 6.39. The molecule has 1 saturated heterocycles. The second-order valence-electron chi connectivity index (χ2n) is 4.53. The van der Waals surface area contributed by atoms with Crippen molar-refractivity contribution in [2.45, 2.75) is 38.0 Å². The molecule has 1 rings (SSSR count). The van der Waals surface area contributed by atoms with Gasteiger partial charge in [0, 0.05) is 11.8 Å². The number of amides is 1. The normalized spacial score (nSPS) is 17.4. The van der Waals surface area contributed by atoms with Crippen LogP contribution in [0, 0.1) is 0 Å². The van der Waals surface area contributed by atoms with E-state index in [1.807, 2.05) is 13.8 Å². The van der Waals surface area contributed by atoms with E-state index in [-0.39, 0.29) is 12.0 Å². The second-order valence-corrected chi connectivity index (χ2v) is 5.82. The van der Waals surface area contributed by atoms with Gasteiger partial charge in [-0.1, -0.05) is 0 Å². The van der Waals surface area contributed by atoms with Crippen LogP contribution in [-0.4, -0.2) is 49.3 Å². The quantitative estimate of drug-likeness (QED) is 0.671. The Kier molecular flexibility index (Phi) is 7.64. The molecule has 0 bridgehead atoms. The summed E-state index contributed by atoms with van der Waals surface area (Å²) in [4.78, 5) is 11.5. The predicted molar refractivity (Wildman–Crippen MR) is 72.4 cm³/mol. The fraction of sp³-hybridized carbons (Fsp3) is 0.917. The maximum Gasteiger partial charge on any atom is 0.230 e. The van der Waals surface area contributed by atoms with Crippen LogP contribution in [0.3, 0.4) is 0 Å². The zero-order valence-corrected chi connectivity index (χ0v) is 11.6. The molecule has 0 aromatic rings. The average molecular weight is 260 g/mol. The van der Waals surface area contributed by atoms with Crippen molar-refractivity contribution in [2.24, 2.45) is 0 Å². The number of carbonyl (C=O) groups excluding carboxylic acids is 1. The largest absolute Gasteiger partial charge is 0.377 e. The van der Waals surface area contributed by atoms with Crippen LogP contribution >= 0.6 is 11.8 Å². The van der Waals surface area contributed by atoms with Crippen molar-refractivity contribution in [2.75, 3.05) is 32.0 Å². The summed E-state index contributed by atoms with van der Waals surface area (Å²) in [5, 5.41) is 6.85. The maximum absolute atomic E-state index is 11.5. The number of piperidine rings is 1. The van der Waals surface area contributed by atoms with E-state index in [9.17, 15) is 4.79 Å². The van der Waals surface area contributed by atoms with Gasteiger partial charge in [-0.15, -0.1) is 11.8 Å². The minimum Gasteiger partial charge on any atom is -0.377 e. The van der Waals surface area contributed by atoms with Crippen LogP contribution in [0.1, 0.15) is 26.7 Å². The third-order valence-electron chi connectivity index (χ3n) is 2.61. The van der Waals surface area contributed by atoms with Crippen molar-refractivity contribution in [3.8, 4) is 0 Å². The van der Waals surface area contributed by atoms with Crippen molar-refractivity contribution in [1.82, 2.24) is 10.6 Å². The molecule has 100 valence electrons. The molecule has 1 aliphatic heterocycles. The molecule has 1 heterocycles. The Balaban J connectivity index is 1.96. The summed E-state index contributed by atoms with van der Waals surface area (Å²) >= 11 is 1.78. The lowest BCUT2D eigenvalue weighted by Gasteiger charge is -2.21. The predicted octanol–water partition coefficient (Wildman–Crippen LogP) is 1.01. The van der Waals surface area contributed by atoms with Gasteiger partial charge in [0.05, 0.1) is 18.5 Å². The van der Waals surface area contributed by atoms with E-state index in [1.54, 1.807) is 11.8 Å². The summed E-state index contributed by atoms with van der Waals surface area (Å²) in [6, 6.07) is 0. The van der Waals surface area contributed by atoms with E-state index in [4.69, 9.17) is 4.74 Å². The zero-order valence-electron chi connectivity index (χ0n) is 10.8. The average Bonchev–Trinajstić information content (AvgIpc) is 2.33. The van der Waals surface area contributed by atoms with Crippen LogP contribution in [0.4, 0.5) is 0 Å². The topological polar surface area (TPSA) is 50.4 Å². The van der Waals surface area contributed by atoms with Crippen LogP contribution in [0.25, 0.3) is 0 Å². The van der Waals surface area contributed by atoms with E-state index in [0.717, 1.165) is 13.1 Å².